The number of nitrogens with one attached hydrogen (secondary N) is 2. The van der Waals surface area contributed by atoms with E-state index in [-0.39, 0.29) is 5.91 Å². The van der Waals surface area contributed by atoms with Gasteiger partial charge < -0.3 is 15.4 Å². The number of benzene rings is 1. The van der Waals surface area contributed by atoms with E-state index in [2.05, 4.69) is 10.6 Å². The van der Waals surface area contributed by atoms with E-state index in [1.807, 2.05) is 24.3 Å². The van der Waals surface area contributed by atoms with Gasteiger partial charge in [-0.1, -0.05) is 23.7 Å². The Morgan fingerprint density at radius 3 is 2.58 bits per heavy atom. The van der Waals surface area contributed by atoms with Gasteiger partial charge in [0, 0.05) is 18.7 Å². The maximum Gasteiger partial charge on any atom is 0.252 e. The molecule has 1 aromatic carbocycles. The van der Waals surface area contributed by atoms with Crippen LogP contribution in [0.5, 0.6) is 0 Å². The van der Waals surface area contributed by atoms with Gasteiger partial charge in [-0.3, -0.25) is 4.79 Å². The number of hydrogen-bond donors (Lipinski definition) is 2. The molecule has 0 atom stereocenters. The number of amides is 1. The number of halogens is 1. The predicted octanol–water partition coefficient (Wildman–Crippen LogP) is 1.72. The smallest absolute Gasteiger partial charge is 0.252 e. The highest BCUT2D eigenvalue weighted by atomic mass is 35.5. The molecule has 0 aliphatic carbocycles. The van der Waals surface area contributed by atoms with E-state index in [1.54, 1.807) is 7.11 Å². The molecule has 0 saturated carbocycles. The van der Waals surface area contributed by atoms with Crippen molar-refractivity contribution in [3.05, 3.63) is 34.9 Å². The summed E-state index contributed by atoms with van der Waals surface area (Å²) in [6.45, 7) is 2.11. The van der Waals surface area contributed by atoms with Gasteiger partial charge in [-0.25, -0.2) is 0 Å². The standard InChI is InChI=1S/C14H19ClN2O2/c1-19-14(6-8-16-9-7-14)13(18)17-10-11-2-4-12(15)5-3-11/h2-5,16H,6-10H2,1H3,(H,17,18). The summed E-state index contributed by atoms with van der Waals surface area (Å²) >= 11 is 5.83. The third-order valence-corrected chi connectivity index (χ3v) is 3.83. The maximum atomic E-state index is 12.3. The number of ether oxygens (including phenoxy) is 1. The van der Waals surface area contributed by atoms with Crippen LogP contribution < -0.4 is 10.6 Å². The number of carbonyl (C=O) groups excluding carboxylic acids is 1. The van der Waals surface area contributed by atoms with Crippen molar-refractivity contribution >= 4 is 17.5 Å². The van der Waals surface area contributed by atoms with Crippen LogP contribution in [0.1, 0.15) is 18.4 Å². The van der Waals surface area contributed by atoms with Crippen molar-refractivity contribution in [2.45, 2.75) is 25.0 Å². The number of rotatable bonds is 4. The first-order chi connectivity index (χ1) is 9.16. The van der Waals surface area contributed by atoms with Crippen LogP contribution in [0, 0.1) is 0 Å². The van der Waals surface area contributed by atoms with Crippen LogP contribution in [-0.4, -0.2) is 31.7 Å². The van der Waals surface area contributed by atoms with Crippen molar-refractivity contribution in [3.63, 3.8) is 0 Å². The highest BCUT2D eigenvalue weighted by Gasteiger charge is 2.39. The minimum Gasteiger partial charge on any atom is -0.368 e. The van der Waals surface area contributed by atoms with E-state index in [9.17, 15) is 4.79 Å². The molecule has 1 saturated heterocycles. The summed E-state index contributed by atoms with van der Waals surface area (Å²) in [6, 6.07) is 7.45. The molecule has 2 N–H and O–H groups in total. The highest BCUT2D eigenvalue weighted by Crippen LogP contribution is 2.22. The number of piperidine rings is 1. The first-order valence-electron chi connectivity index (χ1n) is 6.45. The summed E-state index contributed by atoms with van der Waals surface area (Å²) in [4.78, 5) is 12.3. The Balaban J connectivity index is 1.94. The Morgan fingerprint density at radius 1 is 1.37 bits per heavy atom. The Labute approximate surface area is 118 Å². The first-order valence-corrected chi connectivity index (χ1v) is 6.83. The molecule has 1 heterocycles. The molecule has 104 valence electrons. The Bertz CT molecular complexity index is 428. The van der Waals surface area contributed by atoms with Crippen molar-refractivity contribution in [3.8, 4) is 0 Å². The van der Waals surface area contributed by atoms with Crippen molar-refractivity contribution in [1.82, 2.24) is 10.6 Å². The van der Waals surface area contributed by atoms with Crippen LogP contribution >= 0.6 is 11.6 Å². The molecule has 0 bridgehead atoms. The predicted molar refractivity (Wildman–Crippen MR) is 75.1 cm³/mol. The summed E-state index contributed by atoms with van der Waals surface area (Å²) < 4.78 is 5.47. The number of carbonyl (C=O) groups is 1. The van der Waals surface area contributed by atoms with Gasteiger partial charge in [0.15, 0.2) is 0 Å². The lowest BCUT2D eigenvalue weighted by molar-refractivity contribution is -0.146. The summed E-state index contributed by atoms with van der Waals surface area (Å²) in [5, 5.41) is 6.88. The van der Waals surface area contributed by atoms with Crippen LogP contribution in [-0.2, 0) is 16.1 Å². The molecule has 1 fully saturated rings. The third-order valence-electron chi connectivity index (χ3n) is 3.58. The fraction of sp³-hybridized carbons (Fsp3) is 0.500. The summed E-state index contributed by atoms with van der Waals surface area (Å²) in [6.07, 6.45) is 1.41. The van der Waals surface area contributed by atoms with Crippen molar-refractivity contribution in [2.75, 3.05) is 20.2 Å². The average Bonchev–Trinajstić information content (AvgIpc) is 2.47. The van der Waals surface area contributed by atoms with E-state index in [1.165, 1.54) is 0 Å². The number of hydrogen-bond acceptors (Lipinski definition) is 3. The molecule has 1 amide bonds. The molecule has 1 aliphatic heterocycles. The Morgan fingerprint density at radius 2 is 2.00 bits per heavy atom. The zero-order valence-corrected chi connectivity index (χ0v) is 11.8. The third kappa shape index (κ3) is 3.47. The first kappa shape index (κ1) is 14.3. The van der Waals surface area contributed by atoms with Gasteiger partial charge in [0.1, 0.15) is 5.60 Å². The van der Waals surface area contributed by atoms with E-state index in [0.29, 0.717) is 24.4 Å². The zero-order chi connectivity index (χ0) is 13.7. The largest absolute Gasteiger partial charge is 0.368 e. The SMILES string of the molecule is COC1(C(=O)NCc2ccc(Cl)cc2)CCNCC1. The Kier molecular flexibility index (Phi) is 4.80. The van der Waals surface area contributed by atoms with Crippen LogP contribution in [0.3, 0.4) is 0 Å². The van der Waals surface area contributed by atoms with Gasteiger partial charge >= 0.3 is 0 Å². The quantitative estimate of drug-likeness (QED) is 0.884. The maximum absolute atomic E-state index is 12.3. The van der Waals surface area contributed by atoms with Crippen LogP contribution in [0.15, 0.2) is 24.3 Å². The second-order valence-electron chi connectivity index (χ2n) is 4.76. The van der Waals surface area contributed by atoms with Crippen molar-refractivity contribution in [2.24, 2.45) is 0 Å². The molecule has 0 radical (unpaired) electrons. The highest BCUT2D eigenvalue weighted by molar-refractivity contribution is 6.30. The summed E-state index contributed by atoms with van der Waals surface area (Å²) in [5.41, 5.74) is 0.343. The van der Waals surface area contributed by atoms with Gasteiger partial charge in [0.2, 0.25) is 0 Å². The van der Waals surface area contributed by atoms with Crippen LogP contribution in [0.4, 0.5) is 0 Å². The van der Waals surface area contributed by atoms with Crippen LogP contribution in [0.2, 0.25) is 5.02 Å². The van der Waals surface area contributed by atoms with Gasteiger partial charge in [0.25, 0.3) is 5.91 Å². The second-order valence-corrected chi connectivity index (χ2v) is 5.19. The second kappa shape index (κ2) is 6.37. The molecule has 1 aromatic rings. The van der Waals surface area contributed by atoms with E-state index in [4.69, 9.17) is 16.3 Å². The fourth-order valence-electron chi connectivity index (χ4n) is 2.30. The molecule has 0 unspecified atom stereocenters. The molecule has 5 heteroatoms. The molecule has 1 aliphatic rings. The van der Waals surface area contributed by atoms with Gasteiger partial charge in [-0.05, 0) is 43.6 Å². The number of methoxy groups -OCH3 is 1. The zero-order valence-electron chi connectivity index (χ0n) is 11.0. The van der Waals surface area contributed by atoms with E-state index < -0.39 is 5.60 Å². The minimum absolute atomic E-state index is 0.0357. The minimum atomic E-state index is -0.683. The van der Waals surface area contributed by atoms with Gasteiger partial charge in [-0.15, -0.1) is 0 Å². The van der Waals surface area contributed by atoms with Gasteiger partial charge in [-0.2, -0.15) is 0 Å². The molecule has 0 aromatic heterocycles. The lowest BCUT2D eigenvalue weighted by Crippen LogP contribution is -2.53. The molecule has 19 heavy (non-hydrogen) atoms. The normalized spacial score (nSPS) is 18.0. The van der Waals surface area contributed by atoms with Crippen LogP contribution in [0.25, 0.3) is 0 Å². The summed E-state index contributed by atoms with van der Waals surface area (Å²) in [5.74, 6) is -0.0357. The summed E-state index contributed by atoms with van der Waals surface area (Å²) in [7, 11) is 1.60. The average molecular weight is 283 g/mol. The van der Waals surface area contributed by atoms with E-state index in [0.717, 1.165) is 18.7 Å². The molecular formula is C14H19ClN2O2. The lowest BCUT2D eigenvalue weighted by atomic mass is 9.91. The fourth-order valence-corrected chi connectivity index (χ4v) is 2.43. The lowest BCUT2D eigenvalue weighted by Gasteiger charge is -2.34. The van der Waals surface area contributed by atoms with Crippen molar-refractivity contribution < 1.29 is 9.53 Å². The Hall–Kier alpha value is -1.10. The monoisotopic (exact) mass is 282 g/mol. The van der Waals surface area contributed by atoms with Gasteiger partial charge in [0.05, 0.1) is 0 Å². The molecule has 0 spiro atoms. The molecule has 4 nitrogen and oxygen atoms in total. The molecule has 2 rings (SSSR count). The van der Waals surface area contributed by atoms with Crippen molar-refractivity contribution in [1.29, 1.82) is 0 Å². The molecular weight excluding hydrogens is 264 g/mol. The topological polar surface area (TPSA) is 50.4 Å². The van der Waals surface area contributed by atoms with E-state index >= 15 is 0 Å².